The first-order valence-corrected chi connectivity index (χ1v) is 6.72. The first-order chi connectivity index (χ1) is 9.11. The molecular weight excluding hydrogens is 242 g/mol. The van der Waals surface area contributed by atoms with Crippen molar-refractivity contribution < 1.29 is 9.90 Å². The Morgan fingerprint density at radius 3 is 2.84 bits per heavy atom. The number of nitrogens with one attached hydrogen (secondary N) is 1. The van der Waals surface area contributed by atoms with Crippen LogP contribution in [0.15, 0.2) is 18.2 Å². The lowest BCUT2D eigenvalue weighted by molar-refractivity contribution is 0.0697. The maximum absolute atomic E-state index is 10.9. The van der Waals surface area contributed by atoms with E-state index in [0.29, 0.717) is 11.4 Å². The van der Waals surface area contributed by atoms with Crippen LogP contribution in [0.25, 0.3) is 0 Å². The van der Waals surface area contributed by atoms with E-state index < -0.39 is 5.97 Å². The van der Waals surface area contributed by atoms with Gasteiger partial charge in [-0.25, -0.2) is 4.79 Å². The molecule has 5 heteroatoms. The highest BCUT2D eigenvalue weighted by Crippen LogP contribution is 2.26. The van der Waals surface area contributed by atoms with Gasteiger partial charge in [-0.05, 0) is 37.6 Å². The van der Waals surface area contributed by atoms with E-state index in [4.69, 9.17) is 10.8 Å². The summed E-state index contributed by atoms with van der Waals surface area (Å²) in [5.74, 6) is -0.934. The lowest BCUT2D eigenvalue weighted by atomic mass is 10.1. The van der Waals surface area contributed by atoms with Crippen LogP contribution in [0.3, 0.4) is 0 Å². The summed E-state index contributed by atoms with van der Waals surface area (Å²) >= 11 is 0. The second-order valence-electron chi connectivity index (χ2n) is 4.89. The Labute approximate surface area is 113 Å². The van der Waals surface area contributed by atoms with Gasteiger partial charge in [0.1, 0.15) is 0 Å². The summed E-state index contributed by atoms with van der Waals surface area (Å²) in [4.78, 5) is 13.3. The van der Waals surface area contributed by atoms with Gasteiger partial charge >= 0.3 is 5.97 Å². The van der Waals surface area contributed by atoms with Gasteiger partial charge in [-0.1, -0.05) is 6.92 Å². The molecule has 0 heterocycles. The summed E-state index contributed by atoms with van der Waals surface area (Å²) in [6.45, 7) is 4.95. The van der Waals surface area contributed by atoms with Crippen molar-refractivity contribution in [1.29, 1.82) is 0 Å². The van der Waals surface area contributed by atoms with Crippen LogP contribution in [0.5, 0.6) is 0 Å². The van der Waals surface area contributed by atoms with Gasteiger partial charge in [0.2, 0.25) is 0 Å². The smallest absolute Gasteiger partial charge is 0.335 e. The van der Waals surface area contributed by atoms with Gasteiger partial charge in [0.25, 0.3) is 0 Å². The Kier molecular flexibility index (Phi) is 4.27. The molecular formula is C14H21N3O2. The molecule has 5 nitrogen and oxygen atoms in total. The summed E-state index contributed by atoms with van der Waals surface area (Å²) in [5, 5.41) is 12.2. The molecule has 2 rings (SSSR count). The van der Waals surface area contributed by atoms with E-state index in [0.717, 1.165) is 25.7 Å². The van der Waals surface area contributed by atoms with Crippen LogP contribution >= 0.6 is 0 Å². The number of benzene rings is 1. The van der Waals surface area contributed by atoms with Crippen molar-refractivity contribution in [3.8, 4) is 0 Å². The van der Waals surface area contributed by atoms with Crippen molar-refractivity contribution in [2.75, 3.05) is 30.7 Å². The minimum Gasteiger partial charge on any atom is -0.478 e. The number of carboxylic acid groups (broad SMARTS) is 1. The molecule has 0 aliphatic heterocycles. The van der Waals surface area contributed by atoms with E-state index >= 15 is 0 Å². The van der Waals surface area contributed by atoms with Crippen molar-refractivity contribution in [2.24, 2.45) is 0 Å². The average Bonchev–Trinajstić information content (AvgIpc) is 3.20. The quantitative estimate of drug-likeness (QED) is 0.654. The highest BCUT2D eigenvalue weighted by Gasteiger charge is 2.27. The predicted molar refractivity (Wildman–Crippen MR) is 76.6 cm³/mol. The molecule has 1 fully saturated rings. The van der Waals surface area contributed by atoms with Crippen LogP contribution in [0.1, 0.15) is 30.1 Å². The molecule has 1 saturated carbocycles. The Balaban J connectivity index is 1.91. The summed E-state index contributed by atoms with van der Waals surface area (Å²) < 4.78 is 0. The second-order valence-corrected chi connectivity index (χ2v) is 4.89. The van der Waals surface area contributed by atoms with Crippen LogP contribution in [0.4, 0.5) is 11.4 Å². The first-order valence-electron chi connectivity index (χ1n) is 6.72. The number of nitrogens with two attached hydrogens (primary N) is 1. The number of likely N-dealkylation sites (N-methyl/N-ethyl adjacent to an activating group) is 1. The van der Waals surface area contributed by atoms with E-state index in [-0.39, 0.29) is 5.56 Å². The molecule has 1 aliphatic carbocycles. The first kappa shape index (κ1) is 13.7. The maximum atomic E-state index is 10.9. The number of carbonyl (C=O) groups is 1. The molecule has 0 bridgehead atoms. The van der Waals surface area contributed by atoms with Crippen LogP contribution < -0.4 is 11.1 Å². The average molecular weight is 263 g/mol. The molecule has 104 valence electrons. The Morgan fingerprint density at radius 2 is 2.26 bits per heavy atom. The number of aromatic carboxylic acids is 1. The highest BCUT2D eigenvalue weighted by molar-refractivity contribution is 5.90. The van der Waals surface area contributed by atoms with Crippen molar-refractivity contribution in [3.63, 3.8) is 0 Å². The molecule has 0 spiro atoms. The third kappa shape index (κ3) is 3.61. The van der Waals surface area contributed by atoms with Gasteiger partial charge in [0, 0.05) is 19.1 Å². The zero-order chi connectivity index (χ0) is 13.8. The minimum absolute atomic E-state index is 0.256. The number of carboxylic acids is 1. The fourth-order valence-electron chi connectivity index (χ4n) is 2.22. The number of nitrogens with zero attached hydrogens (tertiary/aromatic N) is 1. The predicted octanol–water partition coefficient (Wildman–Crippen LogP) is 1.86. The van der Waals surface area contributed by atoms with Gasteiger partial charge in [0.05, 0.1) is 16.9 Å². The van der Waals surface area contributed by atoms with Crippen LogP contribution in [-0.2, 0) is 0 Å². The van der Waals surface area contributed by atoms with Crippen LogP contribution in [0.2, 0.25) is 0 Å². The largest absolute Gasteiger partial charge is 0.478 e. The molecule has 19 heavy (non-hydrogen) atoms. The Morgan fingerprint density at radius 1 is 1.53 bits per heavy atom. The van der Waals surface area contributed by atoms with E-state index in [1.165, 1.54) is 18.9 Å². The zero-order valence-corrected chi connectivity index (χ0v) is 11.2. The number of hydrogen-bond acceptors (Lipinski definition) is 4. The fraction of sp³-hybridized carbons (Fsp3) is 0.500. The normalized spacial score (nSPS) is 14.6. The van der Waals surface area contributed by atoms with Crippen molar-refractivity contribution in [1.82, 2.24) is 4.90 Å². The molecule has 0 atom stereocenters. The molecule has 0 saturated heterocycles. The van der Waals surface area contributed by atoms with Gasteiger partial charge in [-0.3, -0.25) is 4.90 Å². The van der Waals surface area contributed by atoms with E-state index in [1.807, 2.05) is 0 Å². The minimum atomic E-state index is -0.934. The van der Waals surface area contributed by atoms with Crippen molar-refractivity contribution in [2.45, 2.75) is 25.8 Å². The zero-order valence-electron chi connectivity index (χ0n) is 11.2. The molecule has 1 aliphatic rings. The number of rotatable bonds is 7. The molecule has 0 amide bonds. The monoisotopic (exact) mass is 263 g/mol. The number of nitrogen functional groups attached to an aromatic ring is 1. The second kappa shape index (κ2) is 5.93. The van der Waals surface area contributed by atoms with E-state index in [2.05, 4.69) is 17.1 Å². The molecule has 0 radical (unpaired) electrons. The topological polar surface area (TPSA) is 78.6 Å². The van der Waals surface area contributed by atoms with E-state index in [9.17, 15) is 4.79 Å². The molecule has 1 aromatic rings. The lowest BCUT2D eigenvalue weighted by Crippen LogP contribution is -2.31. The van der Waals surface area contributed by atoms with Gasteiger partial charge < -0.3 is 16.2 Å². The van der Waals surface area contributed by atoms with Gasteiger partial charge in [-0.2, -0.15) is 0 Å². The summed E-state index contributed by atoms with van der Waals surface area (Å²) in [6.07, 6.45) is 2.59. The molecule has 0 aromatic heterocycles. The molecule has 0 unspecified atom stereocenters. The summed E-state index contributed by atoms with van der Waals surface area (Å²) in [5.41, 5.74) is 7.38. The Hall–Kier alpha value is -1.75. The summed E-state index contributed by atoms with van der Waals surface area (Å²) in [7, 11) is 0. The lowest BCUT2D eigenvalue weighted by Gasteiger charge is -2.20. The fourth-order valence-corrected chi connectivity index (χ4v) is 2.22. The highest BCUT2D eigenvalue weighted by atomic mass is 16.4. The number of anilines is 2. The van der Waals surface area contributed by atoms with Gasteiger partial charge in [-0.15, -0.1) is 0 Å². The third-order valence-electron chi connectivity index (χ3n) is 3.48. The third-order valence-corrected chi connectivity index (χ3v) is 3.48. The Bertz CT molecular complexity index is 458. The van der Waals surface area contributed by atoms with Crippen molar-refractivity contribution in [3.05, 3.63) is 23.8 Å². The molecule has 4 N–H and O–H groups in total. The van der Waals surface area contributed by atoms with Crippen molar-refractivity contribution >= 4 is 17.3 Å². The molecule has 1 aromatic carbocycles. The SMILES string of the molecule is CCN(CCNc1cc(C(=O)O)ccc1N)C1CC1. The van der Waals surface area contributed by atoms with E-state index in [1.54, 1.807) is 12.1 Å². The maximum Gasteiger partial charge on any atom is 0.335 e. The van der Waals surface area contributed by atoms with Crippen LogP contribution in [0, 0.1) is 0 Å². The standard InChI is InChI=1S/C14H21N3O2/c1-2-17(11-4-5-11)8-7-16-13-9-10(14(18)19)3-6-12(13)15/h3,6,9,11,16H,2,4-5,7-8,15H2,1H3,(H,18,19). The van der Waals surface area contributed by atoms with Crippen LogP contribution in [-0.4, -0.2) is 41.7 Å². The van der Waals surface area contributed by atoms with Gasteiger partial charge in [0.15, 0.2) is 0 Å². The summed E-state index contributed by atoms with van der Waals surface area (Å²) in [6, 6.07) is 5.48. The number of hydrogen-bond donors (Lipinski definition) is 3.